The first kappa shape index (κ1) is 22.6. The molecule has 0 saturated carbocycles. The molecule has 7 heteroatoms. The number of rotatable bonds is 6. The Morgan fingerprint density at radius 1 is 0.879 bits per heavy atom. The van der Waals surface area contributed by atoms with Gasteiger partial charge in [-0.3, -0.25) is 9.36 Å². The smallest absolute Gasteiger partial charge is 0.355 e. The fraction of sp³-hybridized carbons (Fsp3) is 0.154. The monoisotopic (exact) mass is 507 g/mol. The van der Waals surface area contributed by atoms with Crippen LogP contribution in [0.4, 0.5) is 0 Å². The average molecular weight is 508 g/mol. The van der Waals surface area contributed by atoms with Crippen LogP contribution < -0.4 is 15.0 Å². The van der Waals surface area contributed by atoms with E-state index in [9.17, 15) is 9.59 Å². The molecule has 0 saturated heterocycles. The molecule has 0 unspecified atom stereocenters. The molecule has 0 fully saturated rings. The molecule has 6 nitrogen and oxygen atoms in total. The van der Waals surface area contributed by atoms with Crippen molar-refractivity contribution in [2.45, 2.75) is 6.54 Å². The molecule has 1 aromatic heterocycles. The van der Waals surface area contributed by atoms with Crippen LogP contribution in [0.15, 0.2) is 76.0 Å². The van der Waals surface area contributed by atoms with Crippen LogP contribution in [0.3, 0.4) is 0 Å². The third kappa shape index (κ3) is 4.24. The van der Waals surface area contributed by atoms with E-state index in [-0.39, 0.29) is 17.8 Å². The highest BCUT2D eigenvalue weighted by Gasteiger charge is 2.24. The summed E-state index contributed by atoms with van der Waals surface area (Å²) in [4.78, 5) is 26.7. The van der Waals surface area contributed by atoms with E-state index in [4.69, 9.17) is 14.2 Å². The lowest BCUT2D eigenvalue weighted by Crippen LogP contribution is -2.28. The van der Waals surface area contributed by atoms with Gasteiger partial charge in [0.15, 0.2) is 11.5 Å². The topological polar surface area (TPSA) is 66.8 Å². The van der Waals surface area contributed by atoms with Crippen LogP contribution in [0.1, 0.15) is 16.1 Å². The van der Waals surface area contributed by atoms with Gasteiger partial charge in [0.05, 0.1) is 27.9 Å². The molecule has 4 rings (SSSR count). The number of benzene rings is 3. The molecule has 33 heavy (non-hydrogen) atoms. The van der Waals surface area contributed by atoms with E-state index in [2.05, 4.69) is 15.9 Å². The molecule has 1 heterocycles. The molecule has 0 aliphatic carbocycles. The van der Waals surface area contributed by atoms with Crippen molar-refractivity contribution < 1.29 is 19.0 Å². The van der Waals surface area contributed by atoms with Gasteiger partial charge in [0.2, 0.25) is 0 Å². The fourth-order valence-electron chi connectivity index (χ4n) is 3.94. The van der Waals surface area contributed by atoms with Gasteiger partial charge in [0, 0.05) is 15.4 Å². The highest BCUT2D eigenvalue weighted by atomic mass is 79.9. The van der Waals surface area contributed by atoms with Crippen molar-refractivity contribution >= 4 is 32.7 Å². The van der Waals surface area contributed by atoms with Crippen molar-refractivity contribution in [3.8, 4) is 22.6 Å². The van der Waals surface area contributed by atoms with Gasteiger partial charge in [-0.05, 0) is 46.8 Å². The van der Waals surface area contributed by atoms with Gasteiger partial charge in [-0.2, -0.15) is 0 Å². The third-order valence-electron chi connectivity index (χ3n) is 5.46. The Morgan fingerprint density at radius 3 is 2.27 bits per heavy atom. The average Bonchev–Trinajstić information content (AvgIpc) is 2.85. The van der Waals surface area contributed by atoms with Crippen LogP contribution in [0.5, 0.6) is 11.5 Å². The Balaban J connectivity index is 2.06. The Bertz CT molecular complexity index is 1400. The summed E-state index contributed by atoms with van der Waals surface area (Å²) < 4.78 is 18.1. The zero-order valence-corrected chi connectivity index (χ0v) is 20.0. The fourth-order valence-corrected chi connectivity index (χ4v) is 4.30. The maximum absolute atomic E-state index is 13.6. The molecular weight excluding hydrogens is 486 g/mol. The van der Waals surface area contributed by atoms with Crippen LogP contribution >= 0.6 is 15.9 Å². The highest BCUT2D eigenvalue weighted by Crippen LogP contribution is 2.34. The first-order valence-corrected chi connectivity index (χ1v) is 11.0. The summed E-state index contributed by atoms with van der Waals surface area (Å²) >= 11 is 3.49. The zero-order chi connectivity index (χ0) is 23.5. The minimum Gasteiger partial charge on any atom is -0.493 e. The molecule has 0 amide bonds. The molecule has 0 atom stereocenters. The van der Waals surface area contributed by atoms with Crippen molar-refractivity contribution in [1.29, 1.82) is 0 Å². The lowest BCUT2D eigenvalue weighted by Gasteiger charge is -2.19. The molecule has 4 aromatic rings. The quantitative estimate of drug-likeness (QED) is 0.332. The van der Waals surface area contributed by atoms with Crippen molar-refractivity contribution in [2.75, 3.05) is 21.3 Å². The standard InChI is InChI=1S/C26H22BrNO5/c1-31-21-12-9-16(13-22(21)32-2)15-28-24(26(30)33-3)23(17-7-5-4-6-8-17)20-14-18(27)10-11-19(20)25(28)29/h4-14H,15H2,1-3H3. The third-order valence-corrected chi connectivity index (χ3v) is 5.96. The van der Waals surface area contributed by atoms with E-state index in [1.54, 1.807) is 32.4 Å². The molecule has 0 bridgehead atoms. The largest absolute Gasteiger partial charge is 0.493 e. The molecule has 0 spiro atoms. The number of methoxy groups -OCH3 is 3. The van der Waals surface area contributed by atoms with Gasteiger partial charge in [0.1, 0.15) is 5.69 Å². The maximum Gasteiger partial charge on any atom is 0.355 e. The minimum absolute atomic E-state index is 0.148. The van der Waals surface area contributed by atoms with Gasteiger partial charge in [-0.15, -0.1) is 0 Å². The molecule has 0 aliphatic rings. The van der Waals surface area contributed by atoms with Crippen LogP contribution in [0.25, 0.3) is 21.9 Å². The van der Waals surface area contributed by atoms with Gasteiger partial charge >= 0.3 is 5.97 Å². The second kappa shape index (κ2) is 9.50. The van der Waals surface area contributed by atoms with E-state index >= 15 is 0 Å². The van der Waals surface area contributed by atoms with Crippen molar-refractivity contribution in [3.63, 3.8) is 0 Å². The highest BCUT2D eigenvalue weighted by molar-refractivity contribution is 9.10. The first-order valence-electron chi connectivity index (χ1n) is 10.2. The second-order valence-corrected chi connectivity index (χ2v) is 8.27. The summed E-state index contributed by atoms with van der Waals surface area (Å²) in [5, 5.41) is 1.18. The number of halogens is 1. The predicted octanol–water partition coefficient (Wildman–Crippen LogP) is 5.28. The van der Waals surface area contributed by atoms with Crippen molar-refractivity contribution in [3.05, 3.63) is 92.8 Å². The molecule has 0 radical (unpaired) electrons. The van der Waals surface area contributed by atoms with E-state index < -0.39 is 5.97 Å². The van der Waals surface area contributed by atoms with Crippen molar-refractivity contribution in [2.24, 2.45) is 0 Å². The van der Waals surface area contributed by atoms with Crippen LogP contribution in [-0.4, -0.2) is 31.9 Å². The van der Waals surface area contributed by atoms with Crippen molar-refractivity contribution in [1.82, 2.24) is 4.57 Å². The molecular formula is C26H22BrNO5. The van der Waals surface area contributed by atoms with E-state index in [0.717, 1.165) is 15.6 Å². The lowest BCUT2D eigenvalue weighted by molar-refractivity contribution is 0.0588. The van der Waals surface area contributed by atoms with Gasteiger partial charge in [0.25, 0.3) is 5.56 Å². The Morgan fingerprint density at radius 2 is 1.61 bits per heavy atom. The summed E-state index contributed by atoms with van der Waals surface area (Å²) in [7, 11) is 4.42. The van der Waals surface area contributed by atoms with E-state index in [0.29, 0.717) is 27.8 Å². The first-order chi connectivity index (χ1) is 16.0. The summed E-state index contributed by atoms with van der Waals surface area (Å²) in [6.07, 6.45) is 0. The number of fused-ring (bicyclic) bond motifs is 1. The number of nitrogens with zero attached hydrogens (tertiary/aromatic N) is 1. The number of pyridine rings is 1. The van der Waals surface area contributed by atoms with Gasteiger partial charge in [-0.1, -0.05) is 52.3 Å². The molecule has 0 aliphatic heterocycles. The Labute approximate surface area is 199 Å². The number of aromatic nitrogens is 1. The number of ether oxygens (including phenoxy) is 3. The van der Waals surface area contributed by atoms with Crippen LogP contribution in [0, 0.1) is 0 Å². The number of carbonyl (C=O) groups is 1. The van der Waals surface area contributed by atoms with Gasteiger partial charge in [-0.25, -0.2) is 4.79 Å². The normalized spacial score (nSPS) is 10.8. The number of esters is 1. The van der Waals surface area contributed by atoms with E-state index in [1.807, 2.05) is 48.5 Å². The maximum atomic E-state index is 13.6. The zero-order valence-electron chi connectivity index (χ0n) is 18.4. The van der Waals surface area contributed by atoms with Crippen LogP contribution in [-0.2, 0) is 11.3 Å². The Hall–Kier alpha value is -3.58. The van der Waals surface area contributed by atoms with Crippen LogP contribution in [0.2, 0.25) is 0 Å². The summed E-state index contributed by atoms with van der Waals surface area (Å²) in [5.41, 5.74) is 2.12. The number of carbonyl (C=O) groups excluding carboxylic acids is 1. The summed E-state index contributed by atoms with van der Waals surface area (Å²) in [6.45, 7) is 0.148. The second-order valence-electron chi connectivity index (χ2n) is 7.35. The molecule has 168 valence electrons. The minimum atomic E-state index is -0.590. The number of hydrogen-bond acceptors (Lipinski definition) is 5. The predicted molar refractivity (Wildman–Crippen MR) is 131 cm³/mol. The van der Waals surface area contributed by atoms with E-state index in [1.165, 1.54) is 11.7 Å². The molecule has 0 N–H and O–H groups in total. The Kier molecular flexibility index (Phi) is 6.51. The SMILES string of the molecule is COC(=O)c1c(-c2ccccc2)c2cc(Br)ccc2c(=O)n1Cc1ccc(OC)c(OC)c1. The molecule has 3 aromatic carbocycles. The summed E-state index contributed by atoms with van der Waals surface area (Å²) in [6, 6.07) is 20.3. The number of hydrogen-bond donors (Lipinski definition) is 0. The van der Waals surface area contributed by atoms with Gasteiger partial charge < -0.3 is 14.2 Å². The lowest BCUT2D eigenvalue weighted by atomic mass is 9.96. The summed E-state index contributed by atoms with van der Waals surface area (Å²) in [5.74, 6) is 0.527.